The molecule has 0 bridgehead atoms. The van der Waals surface area contributed by atoms with Crippen LogP contribution in [0.4, 0.5) is 0 Å². The summed E-state index contributed by atoms with van der Waals surface area (Å²) in [5, 5.41) is 11.3. The predicted octanol–water partition coefficient (Wildman–Crippen LogP) is 4.54. The highest BCUT2D eigenvalue weighted by Gasteiger charge is 2.14. The Morgan fingerprint density at radius 2 is 2.23 bits per heavy atom. The highest BCUT2D eigenvalue weighted by atomic mass is 79.9. The van der Waals surface area contributed by atoms with Gasteiger partial charge in [0.25, 0.3) is 0 Å². The van der Waals surface area contributed by atoms with Gasteiger partial charge in [-0.05, 0) is 58.1 Å². The molecular formula is C16H15BrO4S. The van der Waals surface area contributed by atoms with Gasteiger partial charge < -0.3 is 14.6 Å². The van der Waals surface area contributed by atoms with Crippen molar-refractivity contribution in [1.82, 2.24) is 0 Å². The van der Waals surface area contributed by atoms with Crippen LogP contribution in [-0.4, -0.2) is 24.8 Å². The first-order chi connectivity index (χ1) is 10.6. The van der Waals surface area contributed by atoms with Gasteiger partial charge in [-0.3, -0.25) is 0 Å². The summed E-state index contributed by atoms with van der Waals surface area (Å²) < 4.78 is 11.6. The second-order valence-corrected chi connectivity index (χ2v) is 6.11. The average molecular weight is 383 g/mol. The topological polar surface area (TPSA) is 55.8 Å². The molecule has 0 saturated carbocycles. The molecule has 0 unspecified atom stereocenters. The van der Waals surface area contributed by atoms with E-state index in [1.807, 2.05) is 24.4 Å². The van der Waals surface area contributed by atoms with Gasteiger partial charge in [-0.2, -0.15) is 0 Å². The van der Waals surface area contributed by atoms with Gasteiger partial charge in [-0.15, -0.1) is 11.3 Å². The third-order valence-electron chi connectivity index (χ3n) is 2.87. The Morgan fingerprint density at radius 1 is 1.45 bits per heavy atom. The molecule has 1 aromatic heterocycles. The number of ether oxygens (including phenoxy) is 2. The number of aliphatic carboxylic acids is 1. The van der Waals surface area contributed by atoms with Crippen LogP contribution in [0.2, 0.25) is 0 Å². The van der Waals surface area contributed by atoms with E-state index in [2.05, 4.69) is 15.9 Å². The number of carbonyl (C=O) groups is 1. The van der Waals surface area contributed by atoms with Crippen LogP contribution in [0.3, 0.4) is 0 Å². The molecule has 0 amide bonds. The maximum atomic E-state index is 11.5. The van der Waals surface area contributed by atoms with Gasteiger partial charge >= 0.3 is 5.97 Å². The molecule has 4 nitrogen and oxygen atoms in total. The molecule has 0 aliphatic rings. The second-order valence-electron chi connectivity index (χ2n) is 4.31. The molecule has 116 valence electrons. The van der Waals surface area contributed by atoms with E-state index < -0.39 is 5.97 Å². The molecule has 22 heavy (non-hydrogen) atoms. The molecule has 1 N–H and O–H groups in total. The number of hydrogen-bond acceptors (Lipinski definition) is 4. The predicted molar refractivity (Wildman–Crippen MR) is 91.7 cm³/mol. The van der Waals surface area contributed by atoms with Crippen LogP contribution in [0.25, 0.3) is 11.6 Å². The van der Waals surface area contributed by atoms with Gasteiger partial charge in [-0.25, -0.2) is 4.79 Å². The van der Waals surface area contributed by atoms with Crippen molar-refractivity contribution in [3.05, 3.63) is 44.6 Å². The highest BCUT2D eigenvalue weighted by molar-refractivity contribution is 9.10. The van der Waals surface area contributed by atoms with Crippen LogP contribution < -0.4 is 9.47 Å². The summed E-state index contributed by atoms with van der Waals surface area (Å²) in [6.45, 7) is 2.40. The molecular weight excluding hydrogens is 368 g/mol. The molecule has 0 saturated heterocycles. The lowest BCUT2D eigenvalue weighted by Gasteiger charge is -2.12. The minimum Gasteiger partial charge on any atom is -0.493 e. The van der Waals surface area contributed by atoms with Crippen LogP contribution >= 0.6 is 27.3 Å². The SMILES string of the molecule is CCOc1c(Br)cc(/C=C(/C(=O)O)c2cccs2)cc1OC. The van der Waals surface area contributed by atoms with Crippen molar-refractivity contribution in [1.29, 1.82) is 0 Å². The third-order valence-corrected chi connectivity index (χ3v) is 4.36. The Labute approximate surface area is 141 Å². The van der Waals surface area contributed by atoms with E-state index in [1.165, 1.54) is 11.3 Å². The molecule has 0 fully saturated rings. The molecule has 1 heterocycles. The number of methoxy groups -OCH3 is 1. The van der Waals surface area contributed by atoms with Crippen LogP contribution in [0.1, 0.15) is 17.4 Å². The second kappa shape index (κ2) is 7.47. The molecule has 2 aromatic rings. The van der Waals surface area contributed by atoms with Crippen LogP contribution in [0, 0.1) is 0 Å². The van der Waals surface area contributed by atoms with E-state index >= 15 is 0 Å². The largest absolute Gasteiger partial charge is 0.493 e. The Bertz CT molecular complexity index is 692. The summed E-state index contributed by atoms with van der Waals surface area (Å²) >= 11 is 4.82. The summed E-state index contributed by atoms with van der Waals surface area (Å²) in [6.07, 6.45) is 1.62. The summed E-state index contributed by atoms with van der Waals surface area (Å²) in [6, 6.07) is 7.17. The zero-order valence-electron chi connectivity index (χ0n) is 12.1. The molecule has 0 aliphatic carbocycles. The van der Waals surface area contributed by atoms with E-state index in [0.29, 0.717) is 23.0 Å². The normalized spacial score (nSPS) is 11.3. The summed E-state index contributed by atoms with van der Waals surface area (Å²) in [5.74, 6) is 0.194. The summed E-state index contributed by atoms with van der Waals surface area (Å²) in [5.41, 5.74) is 0.964. The van der Waals surface area contributed by atoms with Crippen molar-refractivity contribution in [2.45, 2.75) is 6.92 Å². The fourth-order valence-corrected chi connectivity index (χ4v) is 3.25. The number of carboxylic acids is 1. The lowest BCUT2D eigenvalue weighted by atomic mass is 10.1. The van der Waals surface area contributed by atoms with Crippen molar-refractivity contribution in [2.75, 3.05) is 13.7 Å². The van der Waals surface area contributed by atoms with Crippen molar-refractivity contribution in [3.63, 3.8) is 0 Å². The summed E-state index contributed by atoms with van der Waals surface area (Å²) in [4.78, 5) is 12.2. The Kier molecular flexibility index (Phi) is 5.63. The first-order valence-corrected chi connectivity index (χ1v) is 8.23. The van der Waals surface area contributed by atoms with E-state index in [4.69, 9.17) is 9.47 Å². The van der Waals surface area contributed by atoms with Crippen molar-refractivity contribution < 1.29 is 19.4 Å². The molecule has 6 heteroatoms. The van der Waals surface area contributed by atoms with Gasteiger partial charge in [0, 0.05) is 4.88 Å². The number of thiophene rings is 1. The number of hydrogen-bond donors (Lipinski definition) is 1. The minimum absolute atomic E-state index is 0.244. The molecule has 0 spiro atoms. The standard InChI is InChI=1S/C16H15BrO4S/c1-3-21-15-12(17)8-10(9-13(15)20-2)7-11(16(18)19)14-5-4-6-22-14/h4-9H,3H2,1-2H3,(H,18,19)/b11-7+. The zero-order valence-corrected chi connectivity index (χ0v) is 14.5. The highest BCUT2D eigenvalue weighted by Crippen LogP contribution is 2.37. The lowest BCUT2D eigenvalue weighted by Crippen LogP contribution is -1.99. The molecule has 0 aliphatic heterocycles. The number of benzene rings is 1. The number of rotatable bonds is 6. The smallest absolute Gasteiger partial charge is 0.337 e. The first kappa shape index (κ1) is 16.6. The van der Waals surface area contributed by atoms with Crippen LogP contribution in [-0.2, 0) is 4.79 Å². The van der Waals surface area contributed by atoms with Gasteiger partial charge in [0.15, 0.2) is 11.5 Å². The van der Waals surface area contributed by atoms with E-state index in [0.717, 1.165) is 10.0 Å². The van der Waals surface area contributed by atoms with E-state index in [-0.39, 0.29) is 5.57 Å². The average Bonchev–Trinajstić information content (AvgIpc) is 3.00. The molecule has 2 rings (SSSR count). The number of carboxylic acid groups (broad SMARTS) is 1. The third kappa shape index (κ3) is 3.69. The molecule has 1 aromatic carbocycles. The van der Waals surface area contributed by atoms with Crippen molar-refractivity contribution in [2.24, 2.45) is 0 Å². The van der Waals surface area contributed by atoms with Gasteiger partial charge in [0.2, 0.25) is 0 Å². The summed E-state index contributed by atoms with van der Waals surface area (Å²) in [7, 11) is 1.55. The van der Waals surface area contributed by atoms with Gasteiger partial charge in [-0.1, -0.05) is 6.07 Å². The molecule has 0 atom stereocenters. The Hall–Kier alpha value is -1.79. The maximum absolute atomic E-state index is 11.5. The minimum atomic E-state index is -0.966. The lowest BCUT2D eigenvalue weighted by molar-refractivity contribution is -0.130. The fraction of sp³-hybridized carbons (Fsp3) is 0.188. The van der Waals surface area contributed by atoms with E-state index in [1.54, 1.807) is 25.3 Å². The Morgan fingerprint density at radius 3 is 2.77 bits per heavy atom. The quantitative estimate of drug-likeness (QED) is 0.744. The van der Waals surface area contributed by atoms with Crippen molar-refractivity contribution in [3.8, 4) is 11.5 Å². The number of halogens is 1. The van der Waals surface area contributed by atoms with Gasteiger partial charge in [0.1, 0.15) is 0 Å². The Balaban J connectivity index is 2.50. The maximum Gasteiger partial charge on any atom is 0.337 e. The zero-order chi connectivity index (χ0) is 16.1. The van der Waals surface area contributed by atoms with E-state index in [9.17, 15) is 9.90 Å². The van der Waals surface area contributed by atoms with Crippen LogP contribution in [0.15, 0.2) is 34.1 Å². The first-order valence-electron chi connectivity index (χ1n) is 6.56. The molecule has 0 radical (unpaired) electrons. The fourth-order valence-electron chi connectivity index (χ4n) is 1.94. The van der Waals surface area contributed by atoms with Gasteiger partial charge in [0.05, 0.1) is 23.8 Å². The van der Waals surface area contributed by atoms with Crippen LogP contribution in [0.5, 0.6) is 11.5 Å². The van der Waals surface area contributed by atoms with Crippen molar-refractivity contribution >= 4 is 44.9 Å². The monoisotopic (exact) mass is 382 g/mol.